The number of ether oxygens (including phenoxy) is 1. The molecule has 0 spiro atoms. The molecular weight excluding hydrogens is 176 g/mol. The summed E-state index contributed by atoms with van der Waals surface area (Å²) >= 11 is 0. The summed E-state index contributed by atoms with van der Waals surface area (Å²) in [7, 11) is 3.15. The predicted molar refractivity (Wildman–Crippen MR) is 40.7 cm³/mol. The van der Waals surface area contributed by atoms with Gasteiger partial charge in [-0.25, -0.2) is 8.42 Å². The third-order valence-electron chi connectivity index (χ3n) is 0.935. The van der Waals surface area contributed by atoms with Crippen molar-refractivity contribution in [3.63, 3.8) is 0 Å². The summed E-state index contributed by atoms with van der Waals surface area (Å²) in [6.07, 6.45) is 0. The van der Waals surface area contributed by atoms with Crippen molar-refractivity contribution >= 4 is 19.7 Å². The Morgan fingerprint density at radius 2 is 2.10 bits per heavy atom. The van der Waals surface area contributed by atoms with E-state index in [9.17, 15) is 8.42 Å². The standard InChI is InChI=1S/C5H11ClO3S/c1-5(3-9-2)4-10(6,7)8/h5H,3-4H2,1-2H3/t5-/m0/s1. The predicted octanol–water partition coefficient (Wildman–Crippen LogP) is 0.838. The molecule has 5 heteroatoms. The molecule has 0 aliphatic carbocycles. The topological polar surface area (TPSA) is 43.4 Å². The lowest BCUT2D eigenvalue weighted by Gasteiger charge is -2.05. The maximum atomic E-state index is 10.4. The molecule has 0 N–H and O–H groups in total. The van der Waals surface area contributed by atoms with E-state index in [2.05, 4.69) is 0 Å². The summed E-state index contributed by atoms with van der Waals surface area (Å²) < 4.78 is 25.6. The van der Waals surface area contributed by atoms with Crippen molar-refractivity contribution in [1.82, 2.24) is 0 Å². The number of rotatable bonds is 4. The highest BCUT2D eigenvalue weighted by atomic mass is 35.7. The third-order valence-corrected chi connectivity index (χ3v) is 2.28. The quantitative estimate of drug-likeness (QED) is 0.612. The third kappa shape index (κ3) is 6.32. The second-order valence-electron chi connectivity index (χ2n) is 2.27. The Hall–Kier alpha value is 0.200. The van der Waals surface area contributed by atoms with E-state index in [-0.39, 0.29) is 11.7 Å². The monoisotopic (exact) mass is 186 g/mol. The fourth-order valence-electron chi connectivity index (χ4n) is 0.672. The molecule has 0 aromatic rings. The summed E-state index contributed by atoms with van der Waals surface area (Å²) in [5, 5.41) is 0. The Bertz CT molecular complexity index is 175. The first-order valence-electron chi connectivity index (χ1n) is 2.87. The van der Waals surface area contributed by atoms with Gasteiger partial charge in [0.05, 0.1) is 5.75 Å². The summed E-state index contributed by atoms with van der Waals surface area (Å²) in [4.78, 5) is 0. The molecular formula is C5H11ClO3S. The number of methoxy groups -OCH3 is 1. The van der Waals surface area contributed by atoms with Crippen molar-refractivity contribution < 1.29 is 13.2 Å². The van der Waals surface area contributed by atoms with Crippen molar-refractivity contribution in [1.29, 1.82) is 0 Å². The van der Waals surface area contributed by atoms with Crippen molar-refractivity contribution in [2.45, 2.75) is 6.92 Å². The van der Waals surface area contributed by atoms with Crippen molar-refractivity contribution in [2.24, 2.45) is 5.92 Å². The molecule has 0 unspecified atom stereocenters. The normalized spacial score (nSPS) is 15.1. The van der Waals surface area contributed by atoms with E-state index in [1.807, 2.05) is 0 Å². The van der Waals surface area contributed by atoms with E-state index in [1.165, 1.54) is 7.11 Å². The van der Waals surface area contributed by atoms with Gasteiger partial charge in [0.2, 0.25) is 9.05 Å². The molecule has 0 radical (unpaired) electrons. The van der Waals surface area contributed by atoms with Gasteiger partial charge < -0.3 is 4.74 Å². The summed E-state index contributed by atoms with van der Waals surface area (Å²) in [5.41, 5.74) is 0. The van der Waals surface area contributed by atoms with Gasteiger partial charge in [-0.3, -0.25) is 0 Å². The molecule has 0 bridgehead atoms. The van der Waals surface area contributed by atoms with Crippen molar-refractivity contribution in [2.75, 3.05) is 19.5 Å². The second-order valence-corrected chi connectivity index (χ2v) is 5.09. The molecule has 0 heterocycles. The highest BCUT2D eigenvalue weighted by Gasteiger charge is 2.11. The van der Waals surface area contributed by atoms with E-state index in [4.69, 9.17) is 15.4 Å². The maximum Gasteiger partial charge on any atom is 0.232 e. The molecule has 3 nitrogen and oxygen atoms in total. The lowest BCUT2D eigenvalue weighted by Crippen LogP contribution is -2.13. The van der Waals surface area contributed by atoms with Gasteiger partial charge in [-0.05, 0) is 5.92 Å². The summed E-state index contributed by atoms with van der Waals surface area (Å²) in [6.45, 7) is 2.19. The average Bonchev–Trinajstić information content (AvgIpc) is 1.59. The smallest absolute Gasteiger partial charge is 0.232 e. The van der Waals surface area contributed by atoms with Crippen LogP contribution in [0, 0.1) is 5.92 Å². The summed E-state index contributed by atoms with van der Waals surface area (Å²) in [5.74, 6) is -0.0601. The van der Waals surface area contributed by atoms with Crippen LogP contribution in [0.15, 0.2) is 0 Å². The van der Waals surface area contributed by atoms with Crippen LogP contribution in [0.25, 0.3) is 0 Å². The zero-order valence-corrected chi connectivity index (χ0v) is 7.57. The minimum atomic E-state index is -3.35. The molecule has 0 aliphatic heterocycles. The molecule has 0 fully saturated rings. The van der Waals surface area contributed by atoms with E-state index in [0.717, 1.165) is 0 Å². The van der Waals surface area contributed by atoms with E-state index in [1.54, 1.807) is 6.92 Å². The second kappa shape index (κ2) is 4.16. The fraction of sp³-hybridized carbons (Fsp3) is 1.00. The molecule has 0 aromatic heterocycles. The molecule has 0 amide bonds. The number of hydrogen-bond acceptors (Lipinski definition) is 3. The zero-order chi connectivity index (χ0) is 8.20. The lowest BCUT2D eigenvalue weighted by molar-refractivity contribution is 0.168. The van der Waals surface area contributed by atoms with E-state index < -0.39 is 9.05 Å². The van der Waals surface area contributed by atoms with Crippen LogP contribution < -0.4 is 0 Å². The van der Waals surface area contributed by atoms with Crippen LogP contribution in [0.1, 0.15) is 6.92 Å². The average molecular weight is 187 g/mol. The van der Waals surface area contributed by atoms with Crippen LogP contribution in [0.4, 0.5) is 0 Å². The number of halogens is 1. The Labute approximate surface area is 65.7 Å². The van der Waals surface area contributed by atoms with Gasteiger partial charge in [-0.2, -0.15) is 0 Å². The largest absolute Gasteiger partial charge is 0.384 e. The highest BCUT2D eigenvalue weighted by molar-refractivity contribution is 8.13. The first-order valence-corrected chi connectivity index (χ1v) is 5.35. The first-order chi connectivity index (χ1) is 4.45. The van der Waals surface area contributed by atoms with Gasteiger partial charge in [-0.15, -0.1) is 0 Å². The van der Waals surface area contributed by atoms with Gasteiger partial charge in [0.1, 0.15) is 0 Å². The minimum absolute atomic E-state index is 0.0254. The van der Waals surface area contributed by atoms with Crippen LogP contribution >= 0.6 is 10.7 Å². The maximum absolute atomic E-state index is 10.4. The lowest BCUT2D eigenvalue weighted by atomic mass is 10.2. The van der Waals surface area contributed by atoms with Crippen molar-refractivity contribution in [3.05, 3.63) is 0 Å². The zero-order valence-electron chi connectivity index (χ0n) is 6.00. The Kier molecular flexibility index (Phi) is 4.24. The van der Waals surface area contributed by atoms with Crippen molar-refractivity contribution in [3.8, 4) is 0 Å². The Balaban J connectivity index is 3.69. The van der Waals surface area contributed by atoms with Crippen LogP contribution in [-0.2, 0) is 13.8 Å². The molecule has 0 rings (SSSR count). The number of hydrogen-bond donors (Lipinski definition) is 0. The molecule has 62 valence electrons. The van der Waals surface area contributed by atoms with Gasteiger partial charge in [0, 0.05) is 24.4 Å². The van der Waals surface area contributed by atoms with Gasteiger partial charge in [0.25, 0.3) is 0 Å². The molecule has 0 aliphatic rings. The van der Waals surface area contributed by atoms with Crippen LogP contribution in [0.2, 0.25) is 0 Å². The first kappa shape index (κ1) is 10.2. The Morgan fingerprint density at radius 1 is 1.60 bits per heavy atom. The van der Waals surface area contributed by atoms with Crippen LogP contribution in [0.3, 0.4) is 0 Å². The molecule has 0 saturated heterocycles. The fourth-order valence-corrected chi connectivity index (χ4v) is 2.09. The van der Waals surface area contributed by atoms with Gasteiger partial charge in [-0.1, -0.05) is 6.92 Å². The van der Waals surface area contributed by atoms with E-state index >= 15 is 0 Å². The van der Waals surface area contributed by atoms with Crippen LogP contribution in [-0.4, -0.2) is 27.9 Å². The van der Waals surface area contributed by atoms with Gasteiger partial charge in [0.15, 0.2) is 0 Å². The minimum Gasteiger partial charge on any atom is -0.384 e. The van der Waals surface area contributed by atoms with Gasteiger partial charge >= 0.3 is 0 Å². The molecule has 0 saturated carbocycles. The SMILES string of the molecule is COC[C@H](C)CS(=O)(=O)Cl. The Morgan fingerprint density at radius 3 is 2.40 bits per heavy atom. The molecule has 10 heavy (non-hydrogen) atoms. The molecule has 1 atom stereocenters. The molecule has 0 aromatic carbocycles. The highest BCUT2D eigenvalue weighted by Crippen LogP contribution is 2.04. The van der Waals surface area contributed by atoms with Crippen LogP contribution in [0.5, 0.6) is 0 Å². The summed E-state index contributed by atoms with van der Waals surface area (Å²) in [6, 6.07) is 0. The van der Waals surface area contributed by atoms with E-state index in [0.29, 0.717) is 6.61 Å².